The Morgan fingerprint density at radius 3 is 2.69 bits per heavy atom. The first-order chi connectivity index (χ1) is 7.54. The predicted molar refractivity (Wildman–Crippen MR) is 70.3 cm³/mol. The van der Waals surface area contributed by atoms with E-state index in [1.807, 2.05) is 13.8 Å². The molecule has 0 spiro atoms. The summed E-state index contributed by atoms with van der Waals surface area (Å²) in [6.07, 6.45) is 0.147. The molecule has 0 amide bonds. The molecular formula is C11H16FIN2O. The van der Waals surface area contributed by atoms with E-state index >= 15 is 0 Å². The highest BCUT2D eigenvalue weighted by Crippen LogP contribution is 2.21. The number of benzene rings is 1. The summed E-state index contributed by atoms with van der Waals surface area (Å²) in [5.41, 5.74) is 3.63. The minimum atomic E-state index is -0.242. The highest BCUT2D eigenvalue weighted by atomic mass is 127. The molecule has 90 valence electrons. The summed E-state index contributed by atoms with van der Waals surface area (Å²) >= 11 is 2.09. The first kappa shape index (κ1) is 13.8. The molecule has 1 rings (SSSR count). The lowest BCUT2D eigenvalue weighted by Gasteiger charge is -2.19. The number of ether oxygens (including phenoxy) is 1. The van der Waals surface area contributed by atoms with Crippen molar-refractivity contribution in [1.29, 1.82) is 0 Å². The van der Waals surface area contributed by atoms with Gasteiger partial charge in [-0.15, -0.1) is 0 Å². The van der Waals surface area contributed by atoms with Gasteiger partial charge >= 0.3 is 0 Å². The van der Waals surface area contributed by atoms with Crippen molar-refractivity contribution in [2.24, 2.45) is 5.84 Å². The second kappa shape index (κ2) is 6.48. The molecule has 16 heavy (non-hydrogen) atoms. The van der Waals surface area contributed by atoms with E-state index in [0.717, 1.165) is 9.13 Å². The lowest BCUT2D eigenvalue weighted by atomic mass is 10.1. The van der Waals surface area contributed by atoms with Crippen LogP contribution in [0.2, 0.25) is 0 Å². The SMILES string of the molecule is CC(C)OCC(NN)c1ccc(F)cc1I. The predicted octanol–water partition coefficient (Wildman–Crippen LogP) is 2.36. The molecule has 3 nitrogen and oxygen atoms in total. The Bertz CT molecular complexity index is 347. The molecule has 0 aliphatic heterocycles. The summed E-state index contributed by atoms with van der Waals surface area (Å²) in [6, 6.07) is 4.52. The van der Waals surface area contributed by atoms with Crippen LogP contribution >= 0.6 is 22.6 Å². The van der Waals surface area contributed by atoms with E-state index in [1.165, 1.54) is 12.1 Å². The molecule has 0 aliphatic rings. The Hall–Kier alpha value is -0.240. The van der Waals surface area contributed by atoms with Gasteiger partial charge in [0.1, 0.15) is 5.82 Å². The first-order valence-electron chi connectivity index (χ1n) is 5.07. The third-order valence-corrected chi connectivity index (χ3v) is 3.07. The normalized spacial score (nSPS) is 13.1. The summed E-state index contributed by atoms with van der Waals surface area (Å²) in [6.45, 7) is 4.39. The van der Waals surface area contributed by atoms with E-state index < -0.39 is 0 Å². The minimum absolute atomic E-state index is 0.116. The fourth-order valence-electron chi connectivity index (χ4n) is 1.30. The van der Waals surface area contributed by atoms with Crippen LogP contribution in [-0.2, 0) is 4.74 Å². The monoisotopic (exact) mass is 338 g/mol. The van der Waals surface area contributed by atoms with Crippen molar-refractivity contribution in [1.82, 2.24) is 5.43 Å². The van der Waals surface area contributed by atoms with Gasteiger partial charge in [0.15, 0.2) is 0 Å². The van der Waals surface area contributed by atoms with Crippen molar-refractivity contribution in [3.63, 3.8) is 0 Å². The van der Waals surface area contributed by atoms with Crippen molar-refractivity contribution < 1.29 is 9.13 Å². The largest absolute Gasteiger partial charge is 0.377 e. The molecule has 5 heteroatoms. The summed E-state index contributed by atoms with van der Waals surface area (Å²) < 4.78 is 19.3. The molecule has 0 heterocycles. The lowest BCUT2D eigenvalue weighted by molar-refractivity contribution is 0.0610. The molecule has 0 saturated carbocycles. The van der Waals surface area contributed by atoms with Crippen LogP contribution in [0.25, 0.3) is 0 Å². The number of hydrogen-bond acceptors (Lipinski definition) is 3. The average molecular weight is 338 g/mol. The smallest absolute Gasteiger partial charge is 0.124 e. The van der Waals surface area contributed by atoms with E-state index in [1.54, 1.807) is 6.07 Å². The number of nitrogens with two attached hydrogens (primary N) is 1. The molecule has 1 unspecified atom stereocenters. The van der Waals surface area contributed by atoms with Gasteiger partial charge in [-0.1, -0.05) is 6.07 Å². The molecule has 0 aromatic heterocycles. The highest BCUT2D eigenvalue weighted by molar-refractivity contribution is 14.1. The molecule has 0 radical (unpaired) electrons. The van der Waals surface area contributed by atoms with Crippen LogP contribution in [0.4, 0.5) is 4.39 Å². The van der Waals surface area contributed by atoms with E-state index in [4.69, 9.17) is 10.6 Å². The Morgan fingerprint density at radius 1 is 1.50 bits per heavy atom. The third kappa shape index (κ3) is 3.97. The van der Waals surface area contributed by atoms with Gasteiger partial charge in [0.2, 0.25) is 0 Å². The molecule has 1 atom stereocenters. The van der Waals surface area contributed by atoms with Crippen LogP contribution in [0.1, 0.15) is 25.5 Å². The Labute approximate surface area is 109 Å². The maximum atomic E-state index is 12.9. The zero-order valence-corrected chi connectivity index (χ0v) is 11.5. The zero-order valence-electron chi connectivity index (χ0n) is 9.34. The van der Waals surface area contributed by atoms with E-state index in [9.17, 15) is 4.39 Å². The van der Waals surface area contributed by atoms with Gasteiger partial charge in [-0.3, -0.25) is 11.3 Å². The van der Waals surface area contributed by atoms with Crippen LogP contribution < -0.4 is 11.3 Å². The molecule has 1 aromatic carbocycles. The van der Waals surface area contributed by atoms with E-state index in [2.05, 4.69) is 28.0 Å². The molecule has 0 saturated heterocycles. The van der Waals surface area contributed by atoms with Crippen molar-refractivity contribution in [3.05, 3.63) is 33.1 Å². The van der Waals surface area contributed by atoms with Crippen LogP contribution in [0, 0.1) is 9.39 Å². The van der Waals surface area contributed by atoms with Crippen LogP contribution in [-0.4, -0.2) is 12.7 Å². The molecule has 1 aromatic rings. The average Bonchev–Trinajstić information content (AvgIpc) is 2.21. The fourth-order valence-corrected chi connectivity index (χ4v) is 2.15. The molecular weight excluding hydrogens is 322 g/mol. The van der Waals surface area contributed by atoms with Crippen molar-refractivity contribution in [2.45, 2.75) is 26.0 Å². The summed E-state index contributed by atoms with van der Waals surface area (Å²) in [7, 11) is 0. The Balaban J connectivity index is 2.78. The number of rotatable bonds is 5. The number of hydrazine groups is 1. The fraction of sp³-hybridized carbons (Fsp3) is 0.455. The summed E-state index contributed by atoms with van der Waals surface area (Å²) in [5, 5.41) is 0. The maximum Gasteiger partial charge on any atom is 0.124 e. The first-order valence-corrected chi connectivity index (χ1v) is 6.15. The molecule has 3 N–H and O–H groups in total. The standard InChI is InChI=1S/C11H16FIN2O/c1-7(2)16-6-11(15-14)9-4-3-8(12)5-10(9)13/h3-5,7,11,15H,6,14H2,1-2H3. The van der Waals surface area contributed by atoms with Gasteiger partial charge in [-0.25, -0.2) is 4.39 Å². The topological polar surface area (TPSA) is 47.3 Å². The molecule has 0 aliphatic carbocycles. The lowest BCUT2D eigenvalue weighted by Crippen LogP contribution is -2.32. The van der Waals surface area contributed by atoms with Gasteiger partial charge in [0.25, 0.3) is 0 Å². The van der Waals surface area contributed by atoms with Gasteiger partial charge in [0, 0.05) is 3.57 Å². The highest BCUT2D eigenvalue weighted by Gasteiger charge is 2.14. The molecule has 0 bridgehead atoms. The minimum Gasteiger partial charge on any atom is -0.377 e. The second-order valence-corrected chi connectivity index (χ2v) is 4.93. The van der Waals surface area contributed by atoms with E-state index in [0.29, 0.717) is 6.61 Å². The molecule has 0 fully saturated rings. The number of halogens is 2. The Morgan fingerprint density at radius 2 is 2.19 bits per heavy atom. The number of hydrogen-bond donors (Lipinski definition) is 2. The van der Waals surface area contributed by atoms with Gasteiger partial charge in [0.05, 0.1) is 18.8 Å². The van der Waals surface area contributed by atoms with Crippen molar-refractivity contribution >= 4 is 22.6 Å². The Kier molecular flexibility index (Phi) is 5.60. The van der Waals surface area contributed by atoms with Crippen LogP contribution in [0.3, 0.4) is 0 Å². The van der Waals surface area contributed by atoms with Crippen molar-refractivity contribution in [3.8, 4) is 0 Å². The van der Waals surface area contributed by atoms with E-state index in [-0.39, 0.29) is 18.0 Å². The summed E-state index contributed by atoms with van der Waals surface area (Å²) in [4.78, 5) is 0. The van der Waals surface area contributed by atoms with Gasteiger partial charge in [-0.05, 0) is 54.1 Å². The van der Waals surface area contributed by atoms with Crippen LogP contribution in [0.5, 0.6) is 0 Å². The summed E-state index contributed by atoms with van der Waals surface area (Å²) in [5.74, 6) is 5.23. The van der Waals surface area contributed by atoms with Crippen LogP contribution in [0.15, 0.2) is 18.2 Å². The number of nitrogens with one attached hydrogen (secondary N) is 1. The van der Waals surface area contributed by atoms with Crippen molar-refractivity contribution in [2.75, 3.05) is 6.61 Å². The maximum absolute atomic E-state index is 12.9. The van der Waals surface area contributed by atoms with Gasteiger partial charge < -0.3 is 4.74 Å². The van der Waals surface area contributed by atoms with Gasteiger partial charge in [-0.2, -0.15) is 0 Å². The third-order valence-electron chi connectivity index (χ3n) is 2.14. The second-order valence-electron chi connectivity index (χ2n) is 3.77. The quantitative estimate of drug-likeness (QED) is 0.492. The zero-order chi connectivity index (χ0) is 12.1.